The van der Waals surface area contributed by atoms with Crippen molar-refractivity contribution in [3.05, 3.63) is 28.8 Å². The van der Waals surface area contributed by atoms with Crippen molar-refractivity contribution in [2.45, 2.75) is 24.3 Å². The number of carbonyl (C=O) groups is 1. The molecule has 1 aromatic rings. The van der Waals surface area contributed by atoms with Crippen LogP contribution in [0.2, 0.25) is 5.02 Å². The molecule has 1 N–H and O–H groups in total. The Bertz CT molecular complexity index is 671. The SMILES string of the molecule is CC1(C)COCCN1S(=O)(=O)c1ccc(C(=O)O)cc1Cl. The summed E-state index contributed by atoms with van der Waals surface area (Å²) in [6, 6.07) is 3.60. The van der Waals surface area contributed by atoms with Crippen molar-refractivity contribution in [3.63, 3.8) is 0 Å². The number of halogens is 1. The number of morpholine rings is 1. The Morgan fingerprint density at radius 2 is 2.10 bits per heavy atom. The third kappa shape index (κ3) is 3.06. The van der Waals surface area contributed by atoms with E-state index in [0.717, 1.165) is 6.07 Å². The molecule has 1 heterocycles. The van der Waals surface area contributed by atoms with Crippen LogP contribution in [-0.2, 0) is 14.8 Å². The average molecular weight is 334 g/mol. The summed E-state index contributed by atoms with van der Waals surface area (Å²) < 4.78 is 32.1. The fourth-order valence-electron chi connectivity index (χ4n) is 2.25. The fourth-order valence-corrected chi connectivity index (χ4v) is 4.53. The van der Waals surface area contributed by atoms with Crippen LogP contribution in [0.4, 0.5) is 0 Å². The fraction of sp³-hybridized carbons (Fsp3) is 0.462. The average Bonchev–Trinajstić information content (AvgIpc) is 2.37. The van der Waals surface area contributed by atoms with Gasteiger partial charge in [0.15, 0.2) is 0 Å². The van der Waals surface area contributed by atoms with Gasteiger partial charge in [-0.2, -0.15) is 4.31 Å². The lowest BCUT2D eigenvalue weighted by molar-refractivity contribution is -0.00770. The Morgan fingerprint density at radius 1 is 1.43 bits per heavy atom. The predicted molar refractivity (Wildman–Crippen MR) is 77.2 cm³/mol. The number of carboxylic acid groups (broad SMARTS) is 1. The summed E-state index contributed by atoms with van der Waals surface area (Å²) >= 11 is 5.97. The van der Waals surface area contributed by atoms with Crippen molar-refractivity contribution in [2.24, 2.45) is 0 Å². The lowest BCUT2D eigenvalue weighted by atomic mass is 10.1. The van der Waals surface area contributed by atoms with E-state index in [1.54, 1.807) is 13.8 Å². The molecule has 0 unspecified atom stereocenters. The highest BCUT2D eigenvalue weighted by atomic mass is 35.5. The summed E-state index contributed by atoms with van der Waals surface area (Å²) in [6.45, 7) is 4.36. The first kappa shape index (κ1) is 16.2. The van der Waals surface area contributed by atoms with Crippen molar-refractivity contribution < 1.29 is 23.1 Å². The molecular formula is C13H16ClNO5S. The molecule has 1 fully saturated rings. The van der Waals surface area contributed by atoms with Gasteiger partial charge in [0.1, 0.15) is 4.90 Å². The van der Waals surface area contributed by atoms with Crippen LogP contribution in [0.5, 0.6) is 0 Å². The second-order valence-corrected chi connectivity index (χ2v) is 7.63. The monoisotopic (exact) mass is 333 g/mol. The molecule has 0 radical (unpaired) electrons. The molecule has 0 aliphatic carbocycles. The van der Waals surface area contributed by atoms with E-state index in [-0.39, 0.29) is 28.6 Å². The van der Waals surface area contributed by atoms with Gasteiger partial charge in [-0.1, -0.05) is 11.6 Å². The number of carboxylic acids is 1. The maximum Gasteiger partial charge on any atom is 0.335 e. The Hall–Kier alpha value is -1.15. The number of sulfonamides is 1. The number of ether oxygens (including phenoxy) is 1. The number of nitrogens with zero attached hydrogens (tertiary/aromatic N) is 1. The van der Waals surface area contributed by atoms with Gasteiger partial charge in [0, 0.05) is 6.54 Å². The van der Waals surface area contributed by atoms with Crippen molar-refractivity contribution in [3.8, 4) is 0 Å². The minimum absolute atomic E-state index is 0.0554. The lowest BCUT2D eigenvalue weighted by Gasteiger charge is -2.40. The molecule has 116 valence electrons. The van der Waals surface area contributed by atoms with Crippen molar-refractivity contribution >= 4 is 27.6 Å². The van der Waals surface area contributed by atoms with Gasteiger partial charge in [0.05, 0.1) is 29.3 Å². The van der Waals surface area contributed by atoms with Crippen molar-refractivity contribution in [1.29, 1.82) is 0 Å². The van der Waals surface area contributed by atoms with Crippen LogP contribution in [0.3, 0.4) is 0 Å². The van der Waals surface area contributed by atoms with Crippen LogP contribution in [0.25, 0.3) is 0 Å². The molecule has 0 atom stereocenters. The first-order valence-electron chi connectivity index (χ1n) is 6.30. The smallest absolute Gasteiger partial charge is 0.335 e. The molecule has 6 nitrogen and oxygen atoms in total. The van der Waals surface area contributed by atoms with Gasteiger partial charge in [0.2, 0.25) is 10.0 Å². The Kier molecular flexibility index (Phi) is 4.30. The number of benzene rings is 1. The van der Waals surface area contributed by atoms with Gasteiger partial charge in [0.25, 0.3) is 0 Å². The van der Waals surface area contributed by atoms with Crippen LogP contribution >= 0.6 is 11.6 Å². The third-order valence-corrected chi connectivity index (χ3v) is 5.91. The summed E-state index contributed by atoms with van der Waals surface area (Å²) in [6.07, 6.45) is 0. The zero-order valence-corrected chi connectivity index (χ0v) is 13.2. The molecule has 21 heavy (non-hydrogen) atoms. The highest BCUT2D eigenvalue weighted by Crippen LogP contribution is 2.31. The number of aromatic carboxylic acids is 1. The van der Waals surface area contributed by atoms with Crippen LogP contribution in [-0.4, -0.2) is 49.1 Å². The standard InChI is InChI=1S/C13H16ClNO5S/c1-13(2)8-20-6-5-15(13)21(18,19)11-4-3-9(12(16)17)7-10(11)14/h3-4,7H,5-6,8H2,1-2H3,(H,16,17). The van der Waals surface area contributed by atoms with E-state index in [1.165, 1.54) is 16.4 Å². The topological polar surface area (TPSA) is 83.9 Å². The summed E-state index contributed by atoms with van der Waals surface area (Å²) in [4.78, 5) is 10.8. The number of hydrogen-bond acceptors (Lipinski definition) is 4. The molecule has 8 heteroatoms. The molecule has 1 aliphatic rings. The Balaban J connectivity index is 2.47. The quantitative estimate of drug-likeness (QED) is 0.912. The van der Waals surface area contributed by atoms with Crippen LogP contribution in [0, 0.1) is 0 Å². The molecule has 1 aliphatic heterocycles. The molecule has 1 saturated heterocycles. The molecule has 0 amide bonds. The summed E-state index contributed by atoms with van der Waals surface area (Å²) in [5.74, 6) is -1.16. The van der Waals surface area contributed by atoms with Crippen molar-refractivity contribution in [2.75, 3.05) is 19.8 Å². The molecule has 1 aromatic carbocycles. The van der Waals surface area contributed by atoms with Crippen LogP contribution < -0.4 is 0 Å². The van der Waals surface area contributed by atoms with Gasteiger partial charge < -0.3 is 9.84 Å². The maximum absolute atomic E-state index is 12.7. The molecule has 0 aromatic heterocycles. The van der Waals surface area contributed by atoms with E-state index in [2.05, 4.69) is 0 Å². The molecular weight excluding hydrogens is 318 g/mol. The second-order valence-electron chi connectivity index (χ2n) is 5.39. The normalized spacial score (nSPS) is 19.4. The minimum Gasteiger partial charge on any atom is -0.478 e. The summed E-state index contributed by atoms with van der Waals surface area (Å²) in [5.41, 5.74) is -0.744. The van der Waals surface area contributed by atoms with E-state index < -0.39 is 21.5 Å². The molecule has 0 saturated carbocycles. The predicted octanol–water partition coefficient (Wildman–Crippen LogP) is 1.84. The summed E-state index contributed by atoms with van der Waals surface area (Å²) in [7, 11) is -3.81. The highest BCUT2D eigenvalue weighted by molar-refractivity contribution is 7.89. The van der Waals surface area contributed by atoms with E-state index in [4.69, 9.17) is 21.4 Å². The molecule has 0 spiro atoms. The second kappa shape index (κ2) is 5.57. The van der Waals surface area contributed by atoms with Gasteiger partial charge >= 0.3 is 5.97 Å². The van der Waals surface area contributed by atoms with Crippen molar-refractivity contribution in [1.82, 2.24) is 4.31 Å². The van der Waals surface area contributed by atoms with E-state index in [0.29, 0.717) is 6.61 Å². The maximum atomic E-state index is 12.7. The minimum atomic E-state index is -3.81. The largest absolute Gasteiger partial charge is 0.478 e. The van der Waals surface area contributed by atoms with Gasteiger partial charge in [-0.05, 0) is 32.0 Å². The zero-order chi connectivity index (χ0) is 15.8. The first-order chi connectivity index (χ1) is 9.66. The van der Waals surface area contributed by atoms with E-state index >= 15 is 0 Å². The van der Waals surface area contributed by atoms with E-state index in [9.17, 15) is 13.2 Å². The van der Waals surface area contributed by atoms with Gasteiger partial charge in [-0.25, -0.2) is 13.2 Å². The summed E-state index contributed by atoms with van der Waals surface area (Å²) in [5, 5.41) is 8.80. The number of rotatable bonds is 3. The molecule has 2 rings (SSSR count). The highest BCUT2D eigenvalue weighted by Gasteiger charge is 2.40. The molecule has 0 bridgehead atoms. The lowest BCUT2D eigenvalue weighted by Crippen LogP contribution is -2.55. The Morgan fingerprint density at radius 3 is 2.62 bits per heavy atom. The van der Waals surface area contributed by atoms with Gasteiger partial charge in [-0.3, -0.25) is 0 Å². The Labute approximate surface area is 128 Å². The first-order valence-corrected chi connectivity index (χ1v) is 8.11. The van der Waals surface area contributed by atoms with E-state index in [1.807, 2.05) is 0 Å². The zero-order valence-electron chi connectivity index (χ0n) is 11.7. The number of hydrogen-bond donors (Lipinski definition) is 1. The third-order valence-electron chi connectivity index (χ3n) is 3.32. The van der Waals surface area contributed by atoms with Crippen LogP contribution in [0.15, 0.2) is 23.1 Å². The van der Waals surface area contributed by atoms with Crippen LogP contribution in [0.1, 0.15) is 24.2 Å². The van der Waals surface area contributed by atoms with Gasteiger partial charge in [-0.15, -0.1) is 0 Å².